The minimum Gasteiger partial charge on any atom is -0.477 e. The first-order valence-corrected chi connectivity index (χ1v) is 11.1. The van der Waals surface area contributed by atoms with Crippen molar-refractivity contribution in [1.82, 2.24) is 24.7 Å². The fraction of sp³-hybridized carbons (Fsp3) is 0.478. The number of carboxylic acid groups (broad SMARTS) is 2. The molecule has 1 radical (unpaired) electrons. The number of aromatic carboxylic acids is 2. The van der Waals surface area contributed by atoms with E-state index in [9.17, 15) is 24.9 Å². The fourth-order valence-corrected chi connectivity index (χ4v) is 3.85. The molecular weight excluding hydrogens is 585 g/mol. The molecule has 0 amide bonds. The van der Waals surface area contributed by atoms with Crippen LogP contribution < -0.4 is 0 Å². The normalized spacial score (nSPS) is 16.1. The van der Waals surface area contributed by atoms with Gasteiger partial charge in [-0.25, -0.2) is 19.6 Å². The number of hydrogen-bond acceptors (Lipinski definition) is 8. The molecule has 1 fully saturated rings. The molecule has 0 aromatic carbocycles. The molecule has 11 heteroatoms. The Morgan fingerprint density at radius 1 is 0.735 bits per heavy atom. The third-order valence-electron chi connectivity index (χ3n) is 5.65. The quantitative estimate of drug-likeness (QED) is 0.374. The Morgan fingerprint density at radius 3 is 1.53 bits per heavy atom. The number of aliphatic hydroxyl groups excluding tert-OH is 1. The van der Waals surface area contributed by atoms with Gasteiger partial charge in [0.2, 0.25) is 0 Å². The number of carbonyl (C=O) groups is 2. The maximum absolute atomic E-state index is 11.3. The average Bonchev–Trinajstić information content (AvgIpc) is 2.89. The van der Waals surface area contributed by atoms with Crippen molar-refractivity contribution in [1.29, 1.82) is 0 Å². The number of rotatable bonds is 9. The molecule has 34 heavy (non-hydrogen) atoms. The van der Waals surface area contributed by atoms with Gasteiger partial charge in [0.15, 0.2) is 0 Å². The second kappa shape index (κ2) is 14.7. The first kappa shape index (κ1) is 28.6. The molecule has 0 spiro atoms. The van der Waals surface area contributed by atoms with Gasteiger partial charge in [-0.2, -0.15) is 0 Å². The summed E-state index contributed by atoms with van der Waals surface area (Å²) in [6.07, 6.45) is 0.699. The fourth-order valence-electron chi connectivity index (χ4n) is 3.85. The van der Waals surface area contributed by atoms with Crippen molar-refractivity contribution >= 4 is 11.9 Å². The number of aromatic nitrogens is 2. The third kappa shape index (κ3) is 9.19. The van der Waals surface area contributed by atoms with E-state index in [0.29, 0.717) is 30.9 Å². The number of hydrogen-bond donors (Lipinski definition) is 3. The largest absolute Gasteiger partial charge is 0.477 e. The molecule has 1 aliphatic rings. The summed E-state index contributed by atoms with van der Waals surface area (Å²) >= 11 is 0. The van der Waals surface area contributed by atoms with Crippen molar-refractivity contribution in [2.24, 2.45) is 0 Å². The van der Waals surface area contributed by atoms with Gasteiger partial charge in [-0.1, -0.05) is 12.1 Å². The average molecular weight is 616 g/mol. The molecule has 3 N–H and O–H groups in total. The van der Waals surface area contributed by atoms with Gasteiger partial charge in [-0.05, 0) is 30.7 Å². The van der Waals surface area contributed by atoms with Crippen LogP contribution in [-0.2, 0) is 13.1 Å². The van der Waals surface area contributed by atoms with Crippen LogP contribution in [0.1, 0.15) is 38.8 Å². The Kier molecular flexibility index (Phi) is 12.4. The van der Waals surface area contributed by atoms with Gasteiger partial charge in [-0.15, -0.1) is 0 Å². The molecule has 2 aromatic rings. The second-order valence-electron chi connectivity index (χ2n) is 8.11. The van der Waals surface area contributed by atoms with Gasteiger partial charge in [0.05, 0.1) is 11.4 Å². The topological polar surface area (TPSA) is 130 Å². The van der Waals surface area contributed by atoms with Crippen molar-refractivity contribution in [2.75, 3.05) is 52.4 Å². The molecule has 3 heterocycles. The predicted octanol–water partition coefficient (Wildman–Crippen LogP) is 0.875. The third-order valence-corrected chi connectivity index (χ3v) is 5.65. The number of carboxylic acids is 2. The van der Waals surface area contributed by atoms with Crippen LogP contribution in [0.4, 0.5) is 0 Å². The molecule has 2 aromatic heterocycles. The van der Waals surface area contributed by atoms with Crippen LogP contribution in [0.15, 0.2) is 36.4 Å². The zero-order chi connectivity index (χ0) is 23.6. The van der Waals surface area contributed by atoms with Gasteiger partial charge in [0, 0.05) is 104 Å². The molecule has 187 valence electrons. The van der Waals surface area contributed by atoms with Crippen LogP contribution in [0, 0.1) is 38.6 Å². The standard InChI is InChI=1S/C23H31N5O5.Tb/c29-15-3-8-26-9-11-27(16-18-4-1-6-20(24-18)22(30)31)13-14-28(12-10-26)17-19-5-2-7-21(25-19)23(32)33;/h1-2,4-7,29H,3,8-17H2,(H,30,31)(H,32,33);. The molecule has 0 saturated carbocycles. The van der Waals surface area contributed by atoms with Crippen molar-refractivity contribution < 1.29 is 63.5 Å². The summed E-state index contributed by atoms with van der Waals surface area (Å²) < 4.78 is 0. The molecule has 0 bridgehead atoms. The smallest absolute Gasteiger partial charge is 0.354 e. The van der Waals surface area contributed by atoms with Crippen molar-refractivity contribution in [3.05, 3.63) is 59.2 Å². The van der Waals surface area contributed by atoms with Crippen molar-refractivity contribution in [3.8, 4) is 0 Å². The minimum absolute atomic E-state index is 0. The summed E-state index contributed by atoms with van der Waals surface area (Å²) in [4.78, 5) is 37.9. The van der Waals surface area contributed by atoms with Crippen LogP contribution in [0.3, 0.4) is 0 Å². The summed E-state index contributed by atoms with van der Waals surface area (Å²) in [5.74, 6) is -2.09. The van der Waals surface area contributed by atoms with Gasteiger partial charge in [0.25, 0.3) is 0 Å². The van der Waals surface area contributed by atoms with Gasteiger partial charge < -0.3 is 20.2 Å². The summed E-state index contributed by atoms with van der Waals surface area (Å²) in [5, 5.41) is 27.7. The summed E-state index contributed by atoms with van der Waals surface area (Å²) in [5.41, 5.74) is 1.48. The Balaban J connectivity index is 0.00000408. The summed E-state index contributed by atoms with van der Waals surface area (Å²) in [6, 6.07) is 10.1. The van der Waals surface area contributed by atoms with E-state index in [1.807, 2.05) is 12.1 Å². The number of nitrogens with zero attached hydrogens (tertiary/aromatic N) is 5. The van der Waals surface area contributed by atoms with E-state index in [1.54, 1.807) is 12.1 Å². The summed E-state index contributed by atoms with van der Waals surface area (Å²) in [7, 11) is 0. The number of pyridine rings is 2. The maximum Gasteiger partial charge on any atom is 0.354 e. The Bertz CT molecular complexity index is 876. The molecule has 3 rings (SSSR count). The van der Waals surface area contributed by atoms with E-state index in [2.05, 4.69) is 24.7 Å². The first-order valence-electron chi connectivity index (χ1n) is 11.1. The van der Waals surface area contributed by atoms with E-state index < -0.39 is 11.9 Å². The minimum atomic E-state index is -1.04. The molecule has 1 saturated heterocycles. The van der Waals surface area contributed by atoms with Gasteiger partial charge >= 0.3 is 11.9 Å². The zero-order valence-electron chi connectivity index (χ0n) is 19.0. The van der Waals surface area contributed by atoms with Crippen LogP contribution in [0.2, 0.25) is 0 Å². The van der Waals surface area contributed by atoms with E-state index in [0.717, 1.165) is 45.8 Å². The second-order valence-corrected chi connectivity index (χ2v) is 8.11. The molecule has 0 unspecified atom stereocenters. The van der Waals surface area contributed by atoms with Crippen LogP contribution in [0.5, 0.6) is 0 Å². The van der Waals surface area contributed by atoms with E-state index in [-0.39, 0.29) is 56.6 Å². The van der Waals surface area contributed by atoms with E-state index >= 15 is 0 Å². The molecule has 1 aliphatic heterocycles. The molecular formula is C23H31N5O5Tb. The summed E-state index contributed by atoms with van der Waals surface area (Å²) in [6.45, 7) is 6.77. The Hall–Kier alpha value is -1.63. The van der Waals surface area contributed by atoms with Crippen LogP contribution in [-0.4, -0.2) is 104 Å². The van der Waals surface area contributed by atoms with Gasteiger partial charge in [0.1, 0.15) is 11.4 Å². The van der Waals surface area contributed by atoms with Crippen LogP contribution >= 0.6 is 0 Å². The Labute approximate surface area is 230 Å². The SMILES string of the molecule is O=C(O)c1cccc(CN2CCN(CCCO)CCN(Cc3cccc(C(=O)O)n3)CC2)n1.[Tb]. The molecule has 0 aliphatic carbocycles. The predicted molar refractivity (Wildman–Crippen MR) is 121 cm³/mol. The molecule has 10 nitrogen and oxygen atoms in total. The van der Waals surface area contributed by atoms with E-state index in [4.69, 9.17) is 0 Å². The monoisotopic (exact) mass is 616 g/mol. The van der Waals surface area contributed by atoms with Crippen molar-refractivity contribution in [2.45, 2.75) is 19.5 Å². The zero-order valence-corrected chi connectivity index (χ0v) is 21.1. The Morgan fingerprint density at radius 2 is 1.15 bits per heavy atom. The maximum atomic E-state index is 11.3. The molecule has 0 atom stereocenters. The first-order chi connectivity index (χ1) is 15.9. The van der Waals surface area contributed by atoms with Crippen LogP contribution in [0.25, 0.3) is 0 Å². The van der Waals surface area contributed by atoms with Crippen molar-refractivity contribution in [3.63, 3.8) is 0 Å². The van der Waals surface area contributed by atoms with Gasteiger partial charge in [-0.3, -0.25) is 9.80 Å². The van der Waals surface area contributed by atoms with E-state index in [1.165, 1.54) is 12.1 Å². The number of aliphatic hydroxyl groups is 1.